The third-order valence-corrected chi connectivity index (χ3v) is 6.32. The van der Waals surface area contributed by atoms with Gasteiger partial charge in [-0.15, -0.1) is 0 Å². The van der Waals surface area contributed by atoms with Crippen molar-refractivity contribution in [2.24, 2.45) is 0 Å². The molecule has 188 valence electrons. The van der Waals surface area contributed by atoms with Crippen molar-refractivity contribution in [2.75, 3.05) is 14.2 Å². The Hall–Kier alpha value is -4.24. The van der Waals surface area contributed by atoms with Crippen LogP contribution in [0.3, 0.4) is 0 Å². The second kappa shape index (κ2) is 12.1. The number of hydrogen-bond donors (Lipinski definition) is 0. The van der Waals surface area contributed by atoms with E-state index in [4.69, 9.17) is 14.2 Å². The van der Waals surface area contributed by atoms with Crippen LogP contribution in [-0.4, -0.2) is 14.2 Å². The van der Waals surface area contributed by atoms with Crippen molar-refractivity contribution in [3.05, 3.63) is 114 Å². The molecule has 5 rings (SSSR count). The van der Waals surface area contributed by atoms with Gasteiger partial charge in [-0.2, -0.15) is 0 Å². The van der Waals surface area contributed by atoms with Gasteiger partial charge >= 0.3 is 0 Å². The van der Waals surface area contributed by atoms with Crippen LogP contribution in [0.1, 0.15) is 25.0 Å². The van der Waals surface area contributed by atoms with Crippen molar-refractivity contribution in [3.63, 3.8) is 0 Å². The van der Waals surface area contributed by atoms with Crippen molar-refractivity contribution in [2.45, 2.75) is 27.4 Å². The second-order valence-electron chi connectivity index (χ2n) is 8.53. The Balaban J connectivity index is 0.00000156. The molecule has 3 nitrogen and oxygen atoms in total. The lowest BCUT2D eigenvalue weighted by Gasteiger charge is -2.19. The summed E-state index contributed by atoms with van der Waals surface area (Å²) in [5, 5.41) is 2.16. The maximum atomic E-state index is 6.38. The summed E-state index contributed by atoms with van der Waals surface area (Å²) in [6.07, 6.45) is 0. The molecule has 5 aromatic carbocycles. The first-order valence-electron chi connectivity index (χ1n) is 12.7. The van der Waals surface area contributed by atoms with Gasteiger partial charge in [0.2, 0.25) is 0 Å². The molecule has 5 aromatic rings. The summed E-state index contributed by atoms with van der Waals surface area (Å²) in [5.41, 5.74) is 6.77. The van der Waals surface area contributed by atoms with E-state index in [1.807, 2.05) is 50.2 Å². The number of fused-ring (bicyclic) bond motifs is 1. The molecule has 37 heavy (non-hydrogen) atoms. The molecular formula is C34H34O3. The molecule has 0 bridgehead atoms. The summed E-state index contributed by atoms with van der Waals surface area (Å²) < 4.78 is 17.6. The summed E-state index contributed by atoms with van der Waals surface area (Å²) in [6, 6.07) is 35.3. The first-order chi connectivity index (χ1) is 18.2. The molecule has 0 amide bonds. The van der Waals surface area contributed by atoms with E-state index in [1.165, 1.54) is 11.1 Å². The fourth-order valence-corrected chi connectivity index (χ4v) is 4.56. The maximum Gasteiger partial charge on any atom is 0.128 e. The van der Waals surface area contributed by atoms with Gasteiger partial charge in [-0.25, -0.2) is 0 Å². The topological polar surface area (TPSA) is 27.7 Å². The molecule has 0 aliphatic rings. The van der Waals surface area contributed by atoms with Crippen LogP contribution >= 0.6 is 0 Å². The molecule has 0 unspecified atom stereocenters. The van der Waals surface area contributed by atoms with E-state index >= 15 is 0 Å². The largest absolute Gasteiger partial charge is 0.497 e. The van der Waals surface area contributed by atoms with E-state index < -0.39 is 0 Å². The number of rotatable bonds is 7. The normalized spacial score (nSPS) is 10.4. The molecule has 0 spiro atoms. The first kappa shape index (κ1) is 25.8. The Morgan fingerprint density at radius 1 is 0.595 bits per heavy atom. The van der Waals surface area contributed by atoms with Gasteiger partial charge in [0.05, 0.1) is 14.2 Å². The van der Waals surface area contributed by atoms with Crippen LogP contribution in [0.2, 0.25) is 0 Å². The Bertz CT molecular complexity index is 1440. The van der Waals surface area contributed by atoms with Crippen LogP contribution in [0.4, 0.5) is 0 Å². The molecular weight excluding hydrogens is 456 g/mol. The zero-order chi connectivity index (χ0) is 26.2. The predicted octanol–water partition coefficient (Wildman–Crippen LogP) is 9.10. The Morgan fingerprint density at radius 2 is 1.24 bits per heavy atom. The zero-order valence-electron chi connectivity index (χ0n) is 22.2. The van der Waals surface area contributed by atoms with E-state index in [9.17, 15) is 0 Å². The molecule has 0 saturated heterocycles. The van der Waals surface area contributed by atoms with E-state index in [1.54, 1.807) is 14.2 Å². The maximum absolute atomic E-state index is 6.38. The smallest absolute Gasteiger partial charge is 0.128 e. The molecule has 0 aromatic heterocycles. The highest BCUT2D eigenvalue weighted by Crippen LogP contribution is 2.43. The van der Waals surface area contributed by atoms with E-state index in [0.29, 0.717) is 6.61 Å². The van der Waals surface area contributed by atoms with Gasteiger partial charge in [-0.05, 0) is 70.5 Å². The van der Waals surface area contributed by atoms with Crippen LogP contribution in [0.15, 0.2) is 103 Å². The highest BCUT2D eigenvalue weighted by molar-refractivity contribution is 6.05. The van der Waals surface area contributed by atoms with Gasteiger partial charge < -0.3 is 14.2 Å². The molecule has 0 radical (unpaired) electrons. The van der Waals surface area contributed by atoms with Gasteiger partial charge in [0, 0.05) is 10.9 Å². The van der Waals surface area contributed by atoms with Crippen LogP contribution < -0.4 is 14.2 Å². The van der Waals surface area contributed by atoms with Crippen molar-refractivity contribution in [3.8, 4) is 39.5 Å². The lowest BCUT2D eigenvalue weighted by molar-refractivity contribution is 0.310. The first-order valence-corrected chi connectivity index (χ1v) is 12.7. The minimum atomic E-state index is 0.503. The average molecular weight is 491 g/mol. The monoisotopic (exact) mass is 490 g/mol. The van der Waals surface area contributed by atoms with Gasteiger partial charge in [0.1, 0.15) is 23.9 Å². The van der Waals surface area contributed by atoms with Gasteiger partial charge in [-0.1, -0.05) is 86.6 Å². The minimum Gasteiger partial charge on any atom is -0.497 e. The standard InChI is InChI=1S/C32H28O3.C2H6/c1-22-18-31(35-21-23-10-6-4-7-11-23)28-20-30(34-3)27(24-14-16-26(33-2)17-15-24)19-29(28)32(22)25-12-8-5-9-13-25;1-2/h4-20H,21H2,1-3H3;1-2H3. The highest BCUT2D eigenvalue weighted by atomic mass is 16.5. The number of ether oxygens (including phenoxy) is 3. The Labute approximate surface area is 220 Å². The number of aryl methyl sites for hydroxylation is 1. The summed E-state index contributed by atoms with van der Waals surface area (Å²) in [5.74, 6) is 2.47. The van der Waals surface area contributed by atoms with Gasteiger partial charge in [0.25, 0.3) is 0 Å². The molecule has 0 aliphatic carbocycles. The van der Waals surface area contributed by atoms with Crippen molar-refractivity contribution < 1.29 is 14.2 Å². The van der Waals surface area contributed by atoms with Crippen LogP contribution in [0.25, 0.3) is 33.0 Å². The zero-order valence-corrected chi connectivity index (χ0v) is 22.2. The van der Waals surface area contributed by atoms with Gasteiger partial charge in [-0.3, -0.25) is 0 Å². The number of benzene rings is 5. The number of hydrogen-bond acceptors (Lipinski definition) is 3. The van der Waals surface area contributed by atoms with Crippen LogP contribution in [0.5, 0.6) is 17.2 Å². The second-order valence-corrected chi connectivity index (χ2v) is 8.53. The van der Waals surface area contributed by atoms with Gasteiger partial charge in [0.15, 0.2) is 0 Å². The SMILES string of the molecule is CC.COc1ccc(-c2cc3c(-c4ccccc4)c(C)cc(OCc4ccccc4)c3cc2OC)cc1. The fraction of sp³-hybridized carbons (Fsp3) is 0.176. The lowest BCUT2D eigenvalue weighted by atomic mass is 9.90. The number of methoxy groups -OCH3 is 2. The predicted molar refractivity (Wildman–Crippen MR) is 155 cm³/mol. The summed E-state index contributed by atoms with van der Waals surface area (Å²) in [7, 11) is 3.39. The molecule has 0 heterocycles. The third-order valence-electron chi connectivity index (χ3n) is 6.32. The van der Waals surface area contributed by atoms with Crippen molar-refractivity contribution >= 4 is 10.8 Å². The van der Waals surface area contributed by atoms with Crippen LogP contribution in [0, 0.1) is 6.92 Å². The quantitative estimate of drug-likeness (QED) is 0.228. The minimum absolute atomic E-state index is 0.503. The summed E-state index contributed by atoms with van der Waals surface area (Å²) in [4.78, 5) is 0. The van der Waals surface area contributed by atoms with E-state index in [0.717, 1.165) is 50.3 Å². The summed E-state index contributed by atoms with van der Waals surface area (Å²) in [6.45, 7) is 6.65. The molecule has 3 heteroatoms. The molecule has 0 saturated carbocycles. The van der Waals surface area contributed by atoms with Crippen LogP contribution in [-0.2, 0) is 6.61 Å². The Morgan fingerprint density at radius 3 is 1.86 bits per heavy atom. The van der Waals surface area contributed by atoms with Crippen molar-refractivity contribution in [1.29, 1.82) is 0 Å². The van der Waals surface area contributed by atoms with E-state index in [2.05, 4.69) is 73.7 Å². The Kier molecular flexibility index (Phi) is 8.48. The molecule has 0 aliphatic heterocycles. The molecule has 0 atom stereocenters. The lowest BCUT2D eigenvalue weighted by Crippen LogP contribution is -1.99. The summed E-state index contributed by atoms with van der Waals surface area (Å²) >= 11 is 0. The molecule has 0 fully saturated rings. The van der Waals surface area contributed by atoms with Crippen molar-refractivity contribution in [1.82, 2.24) is 0 Å². The highest BCUT2D eigenvalue weighted by Gasteiger charge is 2.17. The fourth-order valence-electron chi connectivity index (χ4n) is 4.56. The average Bonchev–Trinajstić information content (AvgIpc) is 2.97. The molecule has 0 N–H and O–H groups in total. The third kappa shape index (κ3) is 5.62. The van der Waals surface area contributed by atoms with E-state index in [-0.39, 0.29) is 0 Å².